The van der Waals surface area contributed by atoms with Gasteiger partial charge in [-0.05, 0) is 24.6 Å². The van der Waals surface area contributed by atoms with E-state index in [9.17, 15) is 8.42 Å². The number of hydrogen-bond acceptors (Lipinski definition) is 4. The number of hydrogen-bond donors (Lipinski definition) is 1. The summed E-state index contributed by atoms with van der Waals surface area (Å²) in [6, 6.07) is 4.60. The standard InChI is InChI=1S/C8H6ClNO2S2/c1-5-2-7(13)8(14(9,11)12)3-6(5)4-10/h2-3,13H,1H3. The molecule has 0 radical (unpaired) electrons. The van der Waals surface area contributed by atoms with Crippen LogP contribution in [0, 0.1) is 18.3 Å². The van der Waals surface area contributed by atoms with Crippen molar-refractivity contribution >= 4 is 32.4 Å². The van der Waals surface area contributed by atoms with Crippen LogP contribution in [0.25, 0.3) is 0 Å². The largest absolute Gasteiger partial charge is 0.262 e. The van der Waals surface area contributed by atoms with Crippen LogP contribution in [0.2, 0.25) is 0 Å². The van der Waals surface area contributed by atoms with E-state index >= 15 is 0 Å². The summed E-state index contributed by atoms with van der Waals surface area (Å²) in [6.45, 7) is 1.70. The number of benzene rings is 1. The SMILES string of the molecule is Cc1cc(S)c(S(=O)(=O)Cl)cc1C#N. The Balaban J connectivity index is 3.58. The third-order valence-electron chi connectivity index (χ3n) is 1.69. The third kappa shape index (κ3) is 2.21. The van der Waals surface area contributed by atoms with E-state index < -0.39 is 9.05 Å². The number of rotatable bonds is 1. The first kappa shape index (κ1) is 11.4. The fraction of sp³-hybridized carbons (Fsp3) is 0.125. The van der Waals surface area contributed by atoms with Gasteiger partial charge in [-0.3, -0.25) is 0 Å². The van der Waals surface area contributed by atoms with Gasteiger partial charge in [-0.2, -0.15) is 5.26 Å². The van der Waals surface area contributed by atoms with E-state index in [1.54, 1.807) is 6.92 Å². The molecule has 0 unspecified atom stereocenters. The molecular weight excluding hydrogens is 242 g/mol. The lowest BCUT2D eigenvalue weighted by Crippen LogP contribution is -1.95. The Morgan fingerprint density at radius 3 is 2.50 bits per heavy atom. The maximum absolute atomic E-state index is 11.0. The molecule has 0 fully saturated rings. The van der Waals surface area contributed by atoms with Gasteiger partial charge in [-0.25, -0.2) is 8.42 Å². The second-order valence-corrected chi connectivity index (χ2v) is 5.70. The average molecular weight is 248 g/mol. The molecule has 74 valence electrons. The van der Waals surface area contributed by atoms with Gasteiger partial charge in [0.15, 0.2) is 0 Å². The number of thiol groups is 1. The Morgan fingerprint density at radius 2 is 2.07 bits per heavy atom. The summed E-state index contributed by atoms with van der Waals surface area (Å²) in [5.74, 6) is 0. The predicted octanol–water partition coefficient (Wildman–Crippen LogP) is 2.08. The lowest BCUT2D eigenvalue weighted by molar-refractivity contribution is 0.607. The highest BCUT2D eigenvalue weighted by Gasteiger charge is 2.15. The zero-order chi connectivity index (χ0) is 10.9. The number of nitriles is 1. The first-order chi connectivity index (χ1) is 6.36. The van der Waals surface area contributed by atoms with Crippen molar-refractivity contribution in [2.24, 2.45) is 0 Å². The summed E-state index contributed by atoms with van der Waals surface area (Å²) in [7, 11) is 1.32. The maximum atomic E-state index is 11.0. The summed E-state index contributed by atoms with van der Waals surface area (Å²) in [4.78, 5) is 0.112. The topological polar surface area (TPSA) is 57.9 Å². The fourth-order valence-electron chi connectivity index (χ4n) is 0.989. The van der Waals surface area contributed by atoms with E-state index in [4.69, 9.17) is 15.9 Å². The molecule has 0 aromatic heterocycles. The highest BCUT2D eigenvalue weighted by molar-refractivity contribution is 8.14. The van der Waals surface area contributed by atoms with E-state index in [0.29, 0.717) is 5.56 Å². The Labute approximate surface area is 92.1 Å². The van der Waals surface area contributed by atoms with Gasteiger partial charge in [0.2, 0.25) is 0 Å². The van der Waals surface area contributed by atoms with Crippen LogP contribution >= 0.6 is 23.3 Å². The highest BCUT2D eigenvalue weighted by Crippen LogP contribution is 2.26. The Hall–Kier alpha value is -0.700. The Bertz CT molecular complexity index is 517. The van der Waals surface area contributed by atoms with Gasteiger partial charge >= 0.3 is 0 Å². The van der Waals surface area contributed by atoms with Crippen molar-refractivity contribution in [3.63, 3.8) is 0 Å². The smallest absolute Gasteiger partial charge is 0.207 e. The Kier molecular flexibility index (Phi) is 3.10. The quantitative estimate of drug-likeness (QED) is 0.611. The average Bonchev–Trinajstić information content (AvgIpc) is 2.02. The molecule has 14 heavy (non-hydrogen) atoms. The van der Waals surface area contributed by atoms with E-state index in [-0.39, 0.29) is 15.4 Å². The number of nitrogens with zero attached hydrogens (tertiary/aromatic N) is 1. The second kappa shape index (κ2) is 3.81. The van der Waals surface area contributed by atoms with Gasteiger partial charge < -0.3 is 0 Å². The zero-order valence-electron chi connectivity index (χ0n) is 7.15. The highest BCUT2D eigenvalue weighted by atomic mass is 35.7. The molecule has 0 saturated heterocycles. The predicted molar refractivity (Wildman–Crippen MR) is 56.2 cm³/mol. The Morgan fingerprint density at radius 1 is 1.50 bits per heavy atom. The van der Waals surface area contributed by atoms with Crippen LogP contribution in [0.5, 0.6) is 0 Å². The first-order valence-corrected chi connectivity index (χ1v) is 6.30. The van der Waals surface area contributed by atoms with Crippen LogP contribution in [0.3, 0.4) is 0 Å². The molecular formula is C8H6ClNO2S2. The number of aryl methyl sites for hydroxylation is 1. The van der Waals surface area contributed by atoms with Crippen LogP contribution in [0.15, 0.2) is 21.9 Å². The molecule has 1 rings (SSSR count). The maximum Gasteiger partial charge on any atom is 0.262 e. The van der Waals surface area contributed by atoms with Gasteiger partial charge in [0.1, 0.15) is 0 Å². The van der Waals surface area contributed by atoms with Gasteiger partial charge in [-0.1, -0.05) is 0 Å². The molecule has 0 N–H and O–H groups in total. The van der Waals surface area contributed by atoms with Crippen molar-refractivity contribution in [2.45, 2.75) is 16.7 Å². The fourth-order valence-corrected chi connectivity index (χ4v) is 2.72. The van der Waals surface area contributed by atoms with Crippen molar-refractivity contribution < 1.29 is 8.42 Å². The minimum atomic E-state index is -3.84. The molecule has 0 aliphatic rings. The van der Waals surface area contributed by atoms with E-state index in [1.165, 1.54) is 12.1 Å². The lowest BCUT2D eigenvalue weighted by Gasteiger charge is -2.03. The van der Waals surface area contributed by atoms with Crippen LogP contribution in [-0.4, -0.2) is 8.42 Å². The molecule has 0 aliphatic carbocycles. The van der Waals surface area contributed by atoms with Crippen LogP contribution < -0.4 is 0 Å². The third-order valence-corrected chi connectivity index (χ3v) is 3.57. The number of halogens is 1. The molecule has 6 heteroatoms. The monoisotopic (exact) mass is 247 g/mol. The molecule has 0 spiro atoms. The van der Waals surface area contributed by atoms with Gasteiger partial charge in [0.05, 0.1) is 16.5 Å². The van der Waals surface area contributed by atoms with Gasteiger partial charge in [0, 0.05) is 15.6 Å². The van der Waals surface area contributed by atoms with Crippen LogP contribution in [0.1, 0.15) is 11.1 Å². The van der Waals surface area contributed by atoms with Crippen molar-refractivity contribution in [2.75, 3.05) is 0 Å². The van der Waals surface area contributed by atoms with E-state index in [0.717, 1.165) is 0 Å². The van der Waals surface area contributed by atoms with E-state index in [2.05, 4.69) is 12.6 Å². The lowest BCUT2D eigenvalue weighted by atomic mass is 10.1. The zero-order valence-corrected chi connectivity index (χ0v) is 9.62. The minimum Gasteiger partial charge on any atom is -0.207 e. The molecule has 1 aromatic carbocycles. The summed E-state index contributed by atoms with van der Waals surface area (Å²) in [5.41, 5.74) is 0.948. The van der Waals surface area contributed by atoms with Gasteiger partial charge in [0.25, 0.3) is 9.05 Å². The van der Waals surface area contributed by atoms with E-state index in [1.807, 2.05) is 6.07 Å². The van der Waals surface area contributed by atoms with Crippen molar-refractivity contribution in [3.05, 3.63) is 23.3 Å². The molecule has 0 aliphatic heterocycles. The normalized spacial score (nSPS) is 11.0. The minimum absolute atomic E-state index is 0.135. The molecule has 1 aromatic rings. The molecule has 0 heterocycles. The van der Waals surface area contributed by atoms with Crippen molar-refractivity contribution in [1.82, 2.24) is 0 Å². The first-order valence-electron chi connectivity index (χ1n) is 3.54. The molecule has 0 bridgehead atoms. The van der Waals surface area contributed by atoms with Crippen LogP contribution in [-0.2, 0) is 9.05 Å². The van der Waals surface area contributed by atoms with Crippen molar-refractivity contribution in [1.29, 1.82) is 5.26 Å². The van der Waals surface area contributed by atoms with Crippen molar-refractivity contribution in [3.8, 4) is 6.07 Å². The van der Waals surface area contributed by atoms with Crippen LogP contribution in [0.4, 0.5) is 0 Å². The molecule has 3 nitrogen and oxygen atoms in total. The van der Waals surface area contributed by atoms with Gasteiger partial charge in [-0.15, -0.1) is 12.6 Å². The summed E-state index contributed by atoms with van der Waals surface area (Å²) in [6.07, 6.45) is 0. The second-order valence-electron chi connectivity index (χ2n) is 2.68. The molecule has 0 saturated carbocycles. The molecule has 0 amide bonds. The summed E-state index contributed by atoms with van der Waals surface area (Å²) in [5, 5.41) is 8.69. The summed E-state index contributed by atoms with van der Waals surface area (Å²) >= 11 is 3.97. The molecule has 0 atom stereocenters. The summed E-state index contributed by atoms with van der Waals surface area (Å²) < 4.78 is 22.1.